The smallest absolute Gasteiger partial charge is 0.255 e. The maximum Gasteiger partial charge on any atom is 0.255 e. The Morgan fingerprint density at radius 1 is 1.13 bits per heavy atom. The minimum Gasteiger partial charge on any atom is -0.337 e. The zero-order chi connectivity index (χ0) is 15.4. The summed E-state index contributed by atoms with van der Waals surface area (Å²) >= 11 is 1.64. The number of amides is 1. The fourth-order valence-electron chi connectivity index (χ4n) is 2.28. The van der Waals surface area contributed by atoms with Crippen molar-refractivity contribution in [2.24, 2.45) is 0 Å². The second kappa shape index (κ2) is 7.70. The lowest BCUT2D eigenvalue weighted by Gasteiger charge is -2.17. The number of hydrogen-bond donors (Lipinski definition) is 0. The van der Waals surface area contributed by atoms with Crippen molar-refractivity contribution in [1.29, 1.82) is 0 Å². The van der Waals surface area contributed by atoms with Crippen LogP contribution in [0.15, 0.2) is 66.3 Å². The van der Waals surface area contributed by atoms with Gasteiger partial charge in [-0.1, -0.05) is 43.8 Å². The first kappa shape index (κ1) is 16.9. The third-order valence-corrected chi connectivity index (χ3v) is 4.32. The van der Waals surface area contributed by atoms with E-state index in [-0.39, 0.29) is 13.3 Å². The molecule has 1 amide bonds. The van der Waals surface area contributed by atoms with Gasteiger partial charge in [-0.05, 0) is 23.1 Å². The van der Waals surface area contributed by atoms with Gasteiger partial charge in [-0.3, -0.25) is 9.78 Å². The molecule has 0 aliphatic carbocycles. The molecule has 1 aromatic carbocycles. The molecule has 0 saturated heterocycles. The number of aromatic nitrogens is 1. The van der Waals surface area contributed by atoms with E-state index in [0.29, 0.717) is 12.1 Å². The van der Waals surface area contributed by atoms with Gasteiger partial charge in [0.15, 0.2) is 0 Å². The first-order valence-electron chi connectivity index (χ1n) is 7.02. The van der Waals surface area contributed by atoms with E-state index >= 15 is 0 Å². The number of carbonyl (C=O) groups is 1. The zero-order valence-corrected chi connectivity index (χ0v) is 13.1. The lowest BCUT2D eigenvalue weighted by molar-refractivity contribution is 0.0784. The van der Waals surface area contributed by atoms with Crippen LogP contribution in [0.2, 0.25) is 0 Å². The number of pyridine rings is 1. The largest absolute Gasteiger partial charge is 0.337 e. The van der Waals surface area contributed by atoms with E-state index in [2.05, 4.69) is 4.98 Å². The van der Waals surface area contributed by atoms with E-state index in [4.69, 9.17) is 0 Å². The summed E-state index contributed by atoms with van der Waals surface area (Å²) in [5.74, 6) is -0.0187. The summed E-state index contributed by atoms with van der Waals surface area (Å²) in [5, 5.41) is 2.02. The van der Waals surface area contributed by atoms with Gasteiger partial charge >= 0.3 is 0 Å². The van der Waals surface area contributed by atoms with Crippen LogP contribution in [0.25, 0.3) is 10.4 Å². The fraction of sp³-hybridized carbons (Fsp3) is 0.158. The molecule has 0 bridgehead atoms. The van der Waals surface area contributed by atoms with Crippen LogP contribution >= 0.6 is 11.3 Å². The molecule has 0 fully saturated rings. The van der Waals surface area contributed by atoms with Crippen LogP contribution in [0, 0.1) is 0 Å². The molecule has 2 aromatic heterocycles. The van der Waals surface area contributed by atoms with Gasteiger partial charge in [-0.15, -0.1) is 11.3 Å². The second-order valence-corrected chi connectivity index (χ2v) is 6.03. The Morgan fingerprint density at radius 3 is 2.61 bits per heavy atom. The van der Waals surface area contributed by atoms with Gasteiger partial charge in [0.05, 0.1) is 5.56 Å². The lowest BCUT2D eigenvalue weighted by Crippen LogP contribution is -2.26. The Hall–Kier alpha value is -2.46. The Kier molecular flexibility index (Phi) is 5.66. The van der Waals surface area contributed by atoms with Crippen LogP contribution in [0.1, 0.15) is 23.3 Å². The van der Waals surface area contributed by atoms with Gasteiger partial charge in [0.25, 0.3) is 5.91 Å². The molecule has 3 aromatic rings. The Labute approximate surface area is 141 Å². The van der Waals surface area contributed by atoms with E-state index < -0.39 is 0 Å². The standard InChI is InChI=1S/C18H16N2OS.CH4/c1-20(13-14-6-3-2-4-7-14)18(21)16-10-15(11-19-12-16)17-8-5-9-22-17;/h2-12H,13H2,1H3;1H4. The Morgan fingerprint density at radius 2 is 1.91 bits per heavy atom. The third-order valence-electron chi connectivity index (χ3n) is 3.40. The number of carbonyl (C=O) groups excluding carboxylic acids is 1. The van der Waals surface area contributed by atoms with E-state index in [0.717, 1.165) is 16.0 Å². The van der Waals surface area contributed by atoms with Crippen molar-refractivity contribution >= 4 is 17.2 Å². The summed E-state index contributed by atoms with van der Waals surface area (Å²) in [5.41, 5.74) is 2.71. The highest BCUT2D eigenvalue weighted by Gasteiger charge is 2.13. The van der Waals surface area contributed by atoms with Gasteiger partial charge in [0, 0.05) is 36.4 Å². The number of nitrogens with zero attached hydrogens (tertiary/aromatic N) is 2. The summed E-state index contributed by atoms with van der Waals surface area (Å²) in [4.78, 5) is 19.6. The van der Waals surface area contributed by atoms with E-state index in [9.17, 15) is 4.79 Å². The summed E-state index contributed by atoms with van der Waals surface area (Å²) in [7, 11) is 1.81. The molecule has 0 radical (unpaired) electrons. The highest BCUT2D eigenvalue weighted by Crippen LogP contribution is 2.24. The number of hydrogen-bond acceptors (Lipinski definition) is 3. The SMILES string of the molecule is C.CN(Cc1ccccc1)C(=O)c1cncc(-c2cccs2)c1. The fourth-order valence-corrected chi connectivity index (χ4v) is 2.99. The highest BCUT2D eigenvalue weighted by molar-refractivity contribution is 7.13. The summed E-state index contributed by atoms with van der Waals surface area (Å²) in [6, 6.07) is 15.9. The number of rotatable bonds is 4. The molecule has 23 heavy (non-hydrogen) atoms. The average molecular weight is 324 g/mol. The molecule has 0 unspecified atom stereocenters. The van der Waals surface area contributed by atoms with Crippen LogP contribution in [-0.4, -0.2) is 22.8 Å². The van der Waals surface area contributed by atoms with Gasteiger partial charge < -0.3 is 4.90 Å². The van der Waals surface area contributed by atoms with Gasteiger partial charge in [-0.25, -0.2) is 0 Å². The Balaban J connectivity index is 0.00000192. The quantitative estimate of drug-likeness (QED) is 0.696. The van der Waals surface area contributed by atoms with Crippen molar-refractivity contribution in [1.82, 2.24) is 9.88 Å². The van der Waals surface area contributed by atoms with E-state index in [1.54, 1.807) is 28.6 Å². The van der Waals surface area contributed by atoms with Crippen LogP contribution in [0.4, 0.5) is 0 Å². The van der Waals surface area contributed by atoms with Crippen LogP contribution in [0.5, 0.6) is 0 Å². The lowest BCUT2D eigenvalue weighted by atomic mass is 10.1. The molecule has 3 nitrogen and oxygen atoms in total. The number of thiophene rings is 1. The predicted octanol–water partition coefficient (Wildman–Crippen LogP) is 4.72. The molecule has 0 atom stereocenters. The molecule has 0 N–H and O–H groups in total. The molecule has 0 saturated carbocycles. The highest BCUT2D eigenvalue weighted by atomic mass is 32.1. The predicted molar refractivity (Wildman–Crippen MR) is 96.5 cm³/mol. The topological polar surface area (TPSA) is 33.2 Å². The minimum absolute atomic E-state index is 0. The molecular weight excluding hydrogens is 304 g/mol. The van der Waals surface area contributed by atoms with Gasteiger partial charge in [0.1, 0.15) is 0 Å². The monoisotopic (exact) mass is 324 g/mol. The first-order valence-corrected chi connectivity index (χ1v) is 7.90. The molecule has 118 valence electrons. The minimum atomic E-state index is -0.0187. The average Bonchev–Trinajstić information content (AvgIpc) is 3.10. The van der Waals surface area contributed by atoms with E-state index in [1.165, 1.54) is 0 Å². The number of benzene rings is 1. The Bertz CT molecular complexity index is 754. The van der Waals surface area contributed by atoms with Gasteiger partial charge in [0.2, 0.25) is 0 Å². The molecule has 0 aliphatic heterocycles. The zero-order valence-electron chi connectivity index (χ0n) is 12.3. The molecule has 0 aliphatic rings. The van der Waals surface area contributed by atoms with Crippen molar-refractivity contribution in [3.8, 4) is 10.4 Å². The second-order valence-electron chi connectivity index (χ2n) is 5.09. The van der Waals surface area contributed by atoms with Crippen LogP contribution in [0.3, 0.4) is 0 Å². The van der Waals surface area contributed by atoms with Crippen LogP contribution in [-0.2, 0) is 6.54 Å². The van der Waals surface area contributed by atoms with Crippen molar-refractivity contribution in [2.45, 2.75) is 14.0 Å². The summed E-state index contributed by atoms with van der Waals surface area (Å²) in [6.07, 6.45) is 3.42. The third kappa shape index (κ3) is 4.05. The molecule has 2 heterocycles. The molecule has 4 heteroatoms. The first-order chi connectivity index (χ1) is 10.7. The van der Waals surface area contributed by atoms with Crippen LogP contribution < -0.4 is 0 Å². The maximum atomic E-state index is 12.6. The normalized spacial score (nSPS) is 9.96. The van der Waals surface area contributed by atoms with Crippen molar-refractivity contribution < 1.29 is 4.79 Å². The van der Waals surface area contributed by atoms with Gasteiger partial charge in [-0.2, -0.15) is 0 Å². The molecular formula is C19H20N2OS. The summed E-state index contributed by atoms with van der Waals surface area (Å²) < 4.78 is 0. The van der Waals surface area contributed by atoms with Crippen molar-refractivity contribution in [3.63, 3.8) is 0 Å². The van der Waals surface area contributed by atoms with Crippen molar-refractivity contribution in [3.05, 3.63) is 77.4 Å². The summed E-state index contributed by atoms with van der Waals surface area (Å²) in [6.45, 7) is 0.586. The maximum absolute atomic E-state index is 12.6. The van der Waals surface area contributed by atoms with E-state index in [1.807, 2.05) is 61.0 Å². The van der Waals surface area contributed by atoms with Crippen molar-refractivity contribution in [2.75, 3.05) is 7.05 Å². The molecule has 3 rings (SSSR count). The molecule has 0 spiro atoms.